The molecule has 1 unspecified atom stereocenters. The van der Waals surface area contributed by atoms with Gasteiger partial charge in [-0.3, -0.25) is 0 Å². The quantitative estimate of drug-likeness (QED) is 0.590. The summed E-state index contributed by atoms with van der Waals surface area (Å²) in [7, 11) is 0. The van der Waals surface area contributed by atoms with Gasteiger partial charge in [-0.1, -0.05) is 43.2 Å². The molecule has 21 heavy (non-hydrogen) atoms. The number of allylic oxidation sites excluding steroid dienone is 4. The fourth-order valence-corrected chi connectivity index (χ4v) is 3.70. The van der Waals surface area contributed by atoms with Gasteiger partial charge in [0.1, 0.15) is 0 Å². The first-order chi connectivity index (χ1) is 9.82. The van der Waals surface area contributed by atoms with Crippen molar-refractivity contribution in [3.05, 3.63) is 34.9 Å². The fraction of sp³-hybridized carbons (Fsp3) is 0.700. The Morgan fingerprint density at radius 1 is 1.05 bits per heavy atom. The molecule has 0 bridgehead atoms. The highest BCUT2D eigenvalue weighted by Crippen LogP contribution is 2.61. The third-order valence-corrected chi connectivity index (χ3v) is 5.68. The van der Waals surface area contributed by atoms with Crippen LogP contribution in [-0.4, -0.2) is 11.2 Å². The predicted octanol–water partition coefficient (Wildman–Crippen LogP) is 5.42. The van der Waals surface area contributed by atoms with Crippen molar-refractivity contribution in [1.82, 2.24) is 0 Å². The maximum absolute atomic E-state index is 10.3. The lowest BCUT2D eigenvalue weighted by molar-refractivity contribution is 0.213. The molecule has 0 aromatic carbocycles. The van der Waals surface area contributed by atoms with Crippen molar-refractivity contribution in [2.24, 2.45) is 17.3 Å². The smallest absolute Gasteiger partial charge is 0.0782 e. The molecule has 0 spiro atoms. The Morgan fingerprint density at radius 2 is 1.71 bits per heavy atom. The highest BCUT2D eigenvalue weighted by molar-refractivity contribution is 5.21. The molecule has 0 aliphatic heterocycles. The van der Waals surface area contributed by atoms with Gasteiger partial charge in [-0.2, -0.15) is 0 Å². The van der Waals surface area contributed by atoms with E-state index in [4.69, 9.17) is 0 Å². The Kier molecular flexibility index (Phi) is 5.14. The van der Waals surface area contributed by atoms with Crippen LogP contribution in [0.25, 0.3) is 0 Å². The van der Waals surface area contributed by atoms with Crippen LogP contribution in [0.15, 0.2) is 34.9 Å². The summed E-state index contributed by atoms with van der Waals surface area (Å²) in [6.07, 6.45) is 12.2. The molecule has 2 aliphatic carbocycles. The fourth-order valence-electron chi connectivity index (χ4n) is 3.70. The molecule has 0 aromatic rings. The molecule has 1 nitrogen and oxygen atoms in total. The van der Waals surface area contributed by atoms with Crippen molar-refractivity contribution in [2.45, 2.75) is 72.8 Å². The first-order valence-corrected chi connectivity index (χ1v) is 8.50. The van der Waals surface area contributed by atoms with Crippen molar-refractivity contribution in [3.8, 4) is 0 Å². The van der Waals surface area contributed by atoms with E-state index in [0.717, 1.165) is 30.8 Å². The van der Waals surface area contributed by atoms with E-state index in [1.165, 1.54) is 18.4 Å². The molecule has 0 aromatic heterocycles. The number of aliphatic hydroxyl groups is 1. The lowest BCUT2D eigenvalue weighted by Crippen LogP contribution is -2.07. The van der Waals surface area contributed by atoms with E-state index in [1.54, 1.807) is 5.57 Å². The monoisotopic (exact) mass is 288 g/mol. The van der Waals surface area contributed by atoms with E-state index >= 15 is 0 Å². The summed E-state index contributed by atoms with van der Waals surface area (Å²) in [5, 5.41) is 10.3. The lowest BCUT2D eigenvalue weighted by atomic mass is 10.0. The van der Waals surface area contributed by atoms with E-state index in [9.17, 15) is 5.11 Å². The van der Waals surface area contributed by atoms with Gasteiger partial charge >= 0.3 is 0 Å². The topological polar surface area (TPSA) is 20.2 Å². The number of hydrogen-bond acceptors (Lipinski definition) is 1. The van der Waals surface area contributed by atoms with Crippen LogP contribution in [0.4, 0.5) is 0 Å². The van der Waals surface area contributed by atoms with Gasteiger partial charge in [0.15, 0.2) is 0 Å². The Hall–Kier alpha value is -0.820. The normalized spacial score (nSPS) is 34.0. The molecule has 1 saturated carbocycles. The van der Waals surface area contributed by atoms with Crippen molar-refractivity contribution in [2.75, 3.05) is 0 Å². The van der Waals surface area contributed by atoms with E-state index in [2.05, 4.69) is 52.8 Å². The van der Waals surface area contributed by atoms with Crippen LogP contribution in [0.3, 0.4) is 0 Å². The minimum atomic E-state index is -0.308. The molecule has 118 valence electrons. The van der Waals surface area contributed by atoms with Gasteiger partial charge in [0.05, 0.1) is 6.10 Å². The Balaban J connectivity index is 2.16. The second-order valence-corrected chi connectivity index (χ2v) is 7.79. The maximum atomic E-state index is 10.3. The summed E-state index contributed by atoms with van der Waals surface area (Å²) >= 11 is 0. The zero-order chi connectivity index (χ0) is 15.6. The second-order valence-electron chi connectivity index (χ2n) is 7.79. The standard InChI is InChI=1S/C20H32O/c1-14-7-6-8-15(2)10-12-19(21)16(3)13-18-17(11-9-14)20(18,4)5/h7,10,13,17-19,21H,6,8-9,11-12H2,1-5H3/t17-,18+,19?/m0/s1. The molecule has 2 aliphatic rings. The van der Waals surface area contributed by atoms with Crippen molar-refractivity contribution >= 4 is 0 Å². The summed E-state index contributed by atoms with van der Waals surface area (Å²) in [6, 6.07) is 0. The first kappa shape index (κ1) is 16.5. The molecule has 1 heteroatoms. The van der Waals surface area contributed by atoms with Crippen molar-refractivity contribution in [3.63, 3.8) is 0 Å². The summed E-state index contributed by atoms with van der Waals surface area (Å²) in [5.74, 6) is 1.43. The third kappa shape index (κ3) is 4.10. The van der Waals surface area contributed by atoms with Crippen molar-refractivity contribution < 1.29 is 5.11 Å². The summed E-state index contributed by atoms with van der Waals surface area (Å²) in [4.78, 5) is 0. The van der Waals surface area contributed by atoms with Crippen LogP contribution in [0.5, 0.6) is 0 Å². The summed E-state index contributed by atoms with van der Waals surface area (Å²) < 4.78 is 0. The number of rotatable bonds is 0. The number of aliphatic hydroxyl groups excluding tert-OH is 1. The molecule has 0 heterocycles. The van der Waals surface area contributed by atoms with Crippen LogP contribution in [0.2, 0.25) is 0 Å². The molecule has 1 N–H and O–H groups in total. The molecular formula is C20H32O. The Morgan fingerprint density at radius 3 is 2.43 bits per heavy atom. The van der Waals surface area contributed by atoms with Crippen molar-refractivity contribution in [1.29, 1.82) is 0 Å². The Bertz CT molecular complexity index is 464. The van der Waals surface area contributed by atoms with E-state index in [0.29, 0.717) is 11.3 Å². The third-order valence-electron chi connectivity index (χ3n) is 5.68. The van der Waals surface area contributed by atoms with Gasteiger partial charge in [0, 0.05) is 0 Å². The predicted molar refractivity (Wildman–Crippen MR) is 91.1 cm³/mol. The molecule has 0 saturated heterocycles. The first-order valence-electron chi connectivity index (χ1n) is 8.50. The van der Waals surface area contributed by atoms with Gasteiger partial charge in [-0.25, -0.2) is 0 Å². The van der Waals surface area contributed by atoms with Crippen LogP contribution >= 0.6 is 0 Å². The highest BCUT2D eigenvalue weighted by Gasteiger charge is 2.55. The maximum Gasteiger partial charge on any atom is 0.0782 e. The summed E-state index contributed by atoms with van der Waals surface area (Å²) in [6.45, 7) is 11.3. The van der Waals surface area contributed by atoms with Crippen LogP contribution < -0.4 is 0 Å². The average Bonchev–Trinajstić information content (AvgIpc) is 2.93. The number of hydrogen-bond donors (Lipinski definition) is 1. The summed E-state index contributed by atoms with van der Waals surface area (Å²) in [5.41, 5.74) is 4.51. The van der Waals surface area contributed by atoms with Crippen LogP contribution in [-0.2, 0) is 0 Å². The largest absolute Gasteiger partial charge is 0.388 e. The van der Waals surface area contributed by atoms with Gasteiger partial charge in [0.2, 0.25) is 0 Å². The zero-order valence-corrected chi connectivity index (χ0v) is 14.4. The molecule has 2 rings (SSSR count). The second kappa shape index (κ2) is 6.52. The SMILES string of the molecule is CC1=CCC(O)C(C)=C[C@@H]2[C@H](CCC(C)=CCC1)C2(C)C. The van der Waals surface area contributed by atoms with E-state index < -0.39 is 0 Å². The lowest BCUT2D eigenvalue weighted by Gasteiger charge is -2.11. The molecule has 3 atom stereocenters. The van der Waals surface area contributed by atoms with E-state index in [-0.39, 0.29) is 6.10 Å². The van der Waals surface area contributed by atoms with Crippen LogP contribution in [0, 0.1) is 17.3 Å². The van der Waals surface area contributed by atoms with Gasteiger partial charge < -0.3 is 5.11 Å². The minimum absolute atomic E-state index is 0.308. The highest BCUT2D eigenvalue weighted by atomic mass is 16.3. The van der Waals surface area contributed by atoms with Gasteiger partial charge in [-0.05, 0) is 75.7 Å². The van der Waals surface area contributed by atoms with Crippen LogP contribution in [0.1, 0.15) is 66.7 Å². The molecule has 1 fully saturated rings. The van der Waals surface area contributed by atoms with Gasteiger partial charge in [0.25, 0.3) is 0 Å². The number of fused-ring (bicyclic) bond motifs is 1. The molecule has 0 amide bonds. The minimum Gasteiger partial charge on any atom is -0.388 e. The zero-order valence-electron chi connectivity index (χ0n) is 14.4. The molecule has 0 radical (unpaired) electrons. The average molecular weight is 288 g/mol. The van der Waals surface area contributed by atoms with E-state index in [1.807, 2.05) is 0 Å². The Labute approximate surface area is 130 Å². The molecular weight excluding hydrogens is 256 g/mol. The van der Waals surface area contributed by atoms with Gasteiger partial charge in [-0.15, -0.1) is 0 Å².